The van der Waals surface area contributed by atoms with Crippen LogP contribution in [0.4, 0.5) is 5.88 Å². The summed E-state index contributed by atoms with van der Waals surface area (Å²) < 4.78 is 5.66. The van der Waals surface area contributed by atoms with Crippen molar-refractivity contribution in [3.63, 3.8) is 0 Å². The molecule has 5 nitrogen and oxygen atoms in total. The van der Waals surface area contributed by atoms with Crippen LogP contribution in [0.2, 0.25) is 0 Å². The third-order valence-electron chi connectivity index (χ3n) is 3.48. The molecule has 1 unspecified atom stereocenters. The maximum Gasteiger partial charge on any atom is 0.320 e. The van der Waals surface area contributed by atoms with E-state index < -0.39 is 12.0 Å². The molecule has 1 atom stereocenters. The molecule has 0 spiro atoms. The van der Waals surface area contributed by atoms with Gasteiger partial charge in [-0.25, -0.2) is 0 Å². The first kappa shape index (κ1) is 13.0. The van der Waals surface area contributed by atoms with E-state index in [4.69, 9.17) is 15.3 Å². The van der Waals surface area contributed by atoms with E-state index in [0.29, 0.717) is 5.76 Å². The van der Waals surface area contributed by atoms with Gasteiger partial charge in [-0.2, -0.15) is 0 Å². The van der Waals surface area contributed by atoms with Gasteiger partial charge < -0.3 is 20.2 Å². The Kier molecular flexibility index (Phi) is 3.91. The van der Waals surface area contributed by atoms with Crippen molar-refractivity contribution >= 4 is 11.9 Å². The molecule has 2 rings (SSSR count). The monoisotopic (exact) mass is 252 g/mol. The molecule has 18 heavy (non-hydrogen) atoms. The highest BCUT2D eigenvalue weighted by atomic mass is 16.4. The summed E-state index contributed by atoms with van der Waals surface area (Å²) >= 11 is 0. The Hall–Kier alpha value is -1.49. The Balaban J connectivity index is 1.95. The van der Waals surface area contributed by atoms with Crippen LogP contribution >= 0.6 is 0 Å². The van der Waals surface area contributed by atoms with Crippen molar-refractivity contribution in [1.29, 1.82) is 0 Å². The lowest BCUT2D eigenvalue weighted by Gasteiger charge is -2.29. The number of carboxylic acids is 1. The van der Waals surface area contributed by atoms with Crippen LogP contribution in [0.3, 0.4) is 0 Å². The number of nitrogens with zero attached hydrogens (tertiary/aromatic N) is 1. The van der Waals surface area contributed by atoms with E-state index in [1.807, 2.05) is 12.1 Å². The fraction of sp³-hybridized carbons (Fsp3) is 0.615. The van der Waals surface area contributed by atoms with E-state index >= 15 is 0 Å². The predicted molar refractivity (Wildman–Crippen MR) is 68.6 cm³/mol. The van der Waals surface area contributed by atoms with E-state index in [-0.39, 0.29) is 6.42 Å². The maximum absolute atomic E-state index is 10.7. The summed E-state index contributed by atoms with van der Waals surface area (Å²) in [6.07, 6.45) is 2.58. The first-order chi connectivity index (χ1) is 8.56. The fourth-order valence-corrected chi connectivity index (χ4v) is 2.18. The number of aliphatic carboxylic acids is 1. The predicted octanol–water partition coefficient (Wildman–Crippen LogP) is 1.47. The molecule has 5 heteroatoms. The van der Waals surface area contributed by atoms with Gasteiger partial charge in [-0.1, -0.05) is 6.92 Å². The van der Waals surface area contributed by atoms with E-state index in [1.54, 1.807) is 0 Å². The molecule has 0 aromatic carbocycles. The summed E-state index contributed by atoms with van der Waals surface area (Å²) in [5, 5.41) is 8.75. The Morgan fingerprint density at radius 2 is 2.22 bits per heavy atom. The topological polar surface area (TPSA) is 79.7 Å². The van der Waals surface area contributed by atoms with Crippen LogP contribution < -0.4 is 10.6 Å². The first-order valence-electron chi connectivity index (χ1n) is 6.38. The van der Waals surface area contributed by atoms with Crippen molar-refractivity contribution in [3.05, 3.63) is 17.9 Å². The molecule has 1 fully saturated rings. The minimum absolute atomic E-state index is 0.236. The Morgan fingerprint density at radius 1 is 1.56 bits per heavy atom. The number of carbonyl (C=O) groups is 1. The number of furan rings is 1. The number of carboxylic acid groups (broad SMARTS) is 1. The molecule has 3 N–H and O–H groups in total. The SMILES string of the molecule is CC1CCN(c2ccc(CC(N)C(=O)O)o2)CC1. The van der Waals surface area contributed by atoms with Crippen LogP contribution in [0.1, 0.15) is 25.5 Å². The Bertz CT molecular complexity index is 408. The second-order valence-electron chi connectivity index (χ2n) is 5.06. The van der Waals surface area contributed by atoms with Crippen molar-refractivity contribution in [1.82, 2.24) is 0 Å². The molecule has 0 amide bonds. The largest absolute Gasteiger partial charge is 0.480 e. The van der Waals surface area contributed by atoms with E-state index in [0.717, 1.165) is 24.9 Å². The van der Waals surface area contributed by atoms with Gasteiger partial charge in [0, 0.05) is 25.6 Å². The molecule has 2 heterocycles. The molecule has 100 valence electrons. The van der Waals surface area contributed by atoms with Crippen LogP contribution in [0.5, 0.6) is 0 Å². The van der Waals surface area contributed by atoms with E-state index in [1.165, 1.54) is 12.8 Å². The standard InChI is InChI=1S/C13H20N2O3/c1-9-4-6-15(7-5-9)12-3-2-10(18-12)8-11(14)13(16)17/h2-3,9,11H,4-8,14H2,1H3,(H,16,17). The quantitative estimate of drug-likeness (QED) is 0.848. The lowest BCUT2D eigenvalue weighted by molar-refractivity contribution is -0.138. The van der Waals surface area contributed by atoms with Gasteiger partial charge in [0.25, 0.3) is 0 Å². The average Bonchev–Trinajstić information content (AvgIpc) is 2.78. The van der Waals surface area contributed by atoms with Crippen LogP contribution in [-0.4, -0.2) is 30.2 Å². The van der Waals surface area contributed by atoms with Crippen LogP contribution in [0.15, 0.2) is 16.5 Å². The number of anilines is 1. The summed E-state index contributed by atoms with van der Waals surface area (Å²) in [5.74, 6) is 1.24. The molecule has 0 saturated carbocycles. The number of rotatable bonds is 4. The summed E-state index contributed by atoms with van der Waals surface area (Å²) in [7, 11) is 0. The molecular weight excluding hydrogens is 232 g/mol. The molecule has 1 saturated heterocycles. The molecule has 1 aromatic rings. The third-order valence-corrected chi connectivity index (χ3v) is 3.48. The summed E-state index contributed by atoms with van der Waals surface area (Å²) in [6.45, 7) is 4.26. The molecule has 0 bridgehead atoms. The van der Waals surface area contributed by atoms with E-state index in [9.17, 15) is 4.79 Å². The second kappa shape index (κ2) is 5.44. The second-order valence-corrected chi connectivity index (χ2v) is 5.06. The summed E-state index contributed by atoms with van der Waals surface area (Å²) in [4.78, 5) is 12.9. The molecular formula is C13H20N2O3. The number of piperidine rings is 1. The highest BCUT2D eigenvalue weighted by Gasteiger charge is 2.20. The average molecular weight is 252 g/mol. The van der Waals surface area contributed by atoms with Crippen LogP contribution in [0.25, 0.3) is 0 Å². The number of hydrogen-bond donors (Lipinski definition) is 2. The van der Waals surface area contributed by atoms with Gasteiger partial charge in [0.1, 0.15) is 11.8 Å². The van der Waals surface area contributed by atoms with Gasteiger partial charge in [0.05, 0.1) is 0 Å². The smallest absolute Gasteiger partial charge is 0.320 e. The van der Waals surface area contributed by atoms with Crippen LogP contribution in [-0.2, 0) is 11.2 Å². The van der Waals surface area contributed by atoms with Gasteiger partial charge >= 0.3 is 5.97 Å². The lowest BCUT2D eigenvalue weighted by atomic mass is 9.99. The zero-order valence-corrected chi connectivity index (χ0v) is 10.6. The van der Waals surface area contributed by atoms with Gasteiger partial charge in [0.2, 0.25) is 0 Å². The molecule has 1 aliphatic rings. The summed E-state index contributed by atoms with van der Waals surface area (Å²) in [5.41, 5.74) is 5.48. The highest BCUT2D eigenvalue weighted by molar-refractivity contribution is 5.73. The Labute approximate surface area is 107 Å². The molecule has 0 aliphatic carbocycles. The molecule has 0 radical (unpaired) electrons. The van der Waals surface area contributed by atoms with Crippen LogP contribution in [0, 0.1) is 5.92 Å². The zero-order valence-electron chi connectivity index (χ0n) is 10.6. The minimum Gasteiger partial charge on any atom is -0.480 e. The Morgan fingerprint density at radius 3 is 2.83 bits per heavy atom. The first-order valence-corrected chi connectivity index (χ1v) is 6.38. The third kappa shape index (κ3) is 3.04. The van der Waals surface area contributed by atoms with E-state index in [2.05, 4.69) is 11.8 Å². The molecule has 1 aliphatic heterocycles. The van der Waals surface area contributed by atoms with Gasteiger partial charge in [-0.3, -0.25) is 4.79 Å². The lowest BCUT2D eigenvalue weighted by Crippen LogP contribution is -2.32. The van der Waals surface area contributed by atoms with Crippen molar-refractivity contribution in [2.24, 2.45) is 11.7 Å². The minimum atomic E-state index is -1.00. The fourth-order valence-electron chi connectivity index (χ4n) is 2.18. The van der Waals surface area contributed by atoms with Crippen molar-refractivity contribution < 1.29 is 14.3 Å². The van der Waals surface area contributed by atoms with Crippen molar-refractivity contribution in [2.45, 2.75) is 32.2 Å². The molecule has 1 aromatic heterocycles. The van der Waals surface area contributed by atoms with Gasteiger partial charge in [-0.15, -0.1) is 0 Å². The zero-order chi connectivity index (χ0) is 13.1. The van der Waals surface area contributed by atoms with Gasteiger partial charge in [-0.05, 0) is 24.8 Å². The summed E-state index contributed by atoms with van der Waals surface area (Å²) in [6, 6.07) is 2.82. The van der Waals surface area contributed by atoms with Crippen molar-refractivity contribution in [2.75, 3.05) is 18.0 Å². The van der Waals surface area contributed by atoms with Gasteiger partial charge in [0.15, 0.2) is 5.88 Å². The highest BCUT2D eigenvalue weighted by Crippen LogP contribution is 2.25. The maximum atomic E-state index is 10.7. The van der Waals surface area contributed by atoms with Crippen molar-refractivity contribution in [3.8, 4) is 0 Å². The number of hydrogen-bond acceptors (Lipinski definition) is 4. The normalized spacial score (nSPS) is 18.9. The number of nitrogens with two attached hydrogens (primary N) is 1.